The Hall–Kier alpha value is -1.92. The van der Waals surface area contributed by atoms with Crippen molar-refractivity contribution in [2.75, 3.05) is 6.61 Å². The first-order chi connectivity index (χ1) is 9.99. The quantitative estimate of drug-likeness (QED) is 0.448. The topological polar surface area (TPSA) is 69.4 Å². The second-order valence-electron chi connectivity index (χ2n) is 4.06. The fraction of sp³-hybridized carbons (Fsp3) is 0.0714. The van der Waals surface area contributed by atoms with Gasteiger partial charge in [-0.2, -0.15) is 0 Å². The molecule has 7 heteroatoms. The van der Waals surface area contributed by atoms with Crippen molar-refractivity contribution in [2.45, 2.75) is 0 Å². The van der Waals surface area contributed by atoms with Crippen molar-refractivity contribution < 1.29 is 14.5 Å². The van der Waals surface area contributed by atoms with Crippen LogP contribution in [0, 0.1) is 10.1 Å². The number of ether oxygens (including phenoxy) is 1. The summed E-state index contributed by atoms with van der Waals surface area (Å²) in [5.74, 6) is -0.318. The van der Waals surface area contributed by atoms with Crippen LogP contribution in [0.1, 0.15) is 10.4 Å². The number of hydrogen-bond acceptors (Lipinski definition) is 4. The van der Waals surface area contributed by atoms with Gasteiger partial charge in [-0.3, -0.25) is 14.9 Å². The summed E-state index contributed by atoms with van der Waals surface area (Å²) >= 11 is 9.06. The highest BCUT2D eigenvalue weighted by Gasteiger charge is 2.17. The maximum atomic E-state index is 12.0. The first-order valence-corrected chi connectivity index (χ1v) is 7.00. The van der Waals surface area contributed by atoms with Crippen LogP contribution in [0.25, 0.3) is 0 Å². The lowest BCUT2D eigenvalue weighted by molar-refractivity contribution is -0.385. The van der Waals surface area contributed by atoms with Gasteiger partial charge in [0.2, 0.25) is 5.78 Å². The molecule has 5 nitrogen and oxygen atoms in total. The molecule has 0 spiro atoms. The van der Waals surface area contributed by atoms with Crippen molar-refractivity contribution in [3.8, 4) is 5.75 Å². The molecule has 2 aromatic rings. The van der Waals surface area contributed by atoms with E-state index in [9.17, 15) is 14.9 Å². The molecule has 2 aromatic carbocycles. The predicted molar refractivity (Wildman–Crippen MR) is 82.1 cm³/mol. The van der Waals surface area contributed by atoms with Gasteiger partial charge in [0.05, 0.1) is 9.95 Å². The number of hydrogen-bond donors (Lipinski definition) is 0. The van der Waals surface area contributed by atoms with Gasteiger partial charge in [0.1, 0.15) is 0 Å². The highest BCUT2D eigenvalue weighted by atomic mass is 79.9. The maximum absolute atomic E-state index is 12.0. The second kappa shape index (κ2) is 6.69. The highest BCUT2D eigenvalue weighted by Crippen LogP contribution is 2.30. The minimum atomic E-state index is -0.569. The maximum Gasteiger partial charge on any atom is 0.312 e. The summed E-state index contributed by atoms with van der Waals surface area (Å²) in [5.41, 5.74) is 0.107. The van der Waals surface area contributed by atoms with Crippen molar-refractivity contribution in [3.63, 3.8) is 0 Å². The molecule has 0 unspecified atom stereocenters. The van der Waals surface area contributed by atoms with E-state index in [1.54, 1.807) is 30.3 Å². The summed E-state index contributed by atoms with van der Waals surface area (Å²) in [7, 11) is 0. The lowest BCUT2D eigenvalue weighted by atomic mass is 10.1. The molecule has 0 heterocycles. The van der Waals surface area contributed by atoms with Crippen LogP contribution < -0.4 is 4.74 Å². The fourth-order valence-electron chi connectivity index (χ4n) is 1.66. The zero-order valence-corrected chi connectivity index (χ0v) is 12.9. The van der Waals surface area contributed by atoms with Gasteiger partial charge in [-0.15, -0.1) is 0 Å². The number of benzene rings is 2. The predicted octanol–water partition coefficient (Wildman–Crippen LogP) is 4.27. The van der Waals surface area contributed by atoms with Gasteiger partial charge in [-0.1, -0.05) is 39.7 Å². The molecule has 0 amide bonds. The number of carbonyl (C=O) groups is 1. The van der Waals surface area contributed by atoms with Gasteiger partial charge in [0.15, 0.2) is 12.4 Å². The van der Waals surface area contributed by atoms with Gasteiger partial charge < -0.3 is 4.74 Å². The van der Waals surface area contributed by atoms with Crippen LogP contribution in [0.4, 0.5) is 5.69 Å². The Morgan fingerprint density at radius 1 is 1.29 bits per heavy atom. The first kappa shape index (κ1) is 15.5. The van der Waals surface area contributed by atoms with Crippen LogP contribution in [0.5, 0.6) is 5.75 Å². The zero-order valence-electron chi connectivity index (χ0n) is 10.6. The molecule has 0 aliphatic rings. The van der Waals surface area contributed by atoms with Gasteiger partial charge in [-0.25, -0.2) is 0 Å². The number of rotatable bonds is 5. The molecular formula is C14H9BrClNO4. The average molecular weight is 371 g/mol. The van der Waals surface area contributed by atoms with E-state index in [1.807, 2.05) is 0 Å². The van der Waals surface area contributed by atoms with Crippen LogP contribution >= 0.6 is 27.5 Å². The summed E-state index contributed by atoms with van der Waals surface area (Å²) in [5, 5.41) is 11.3. The Morgan fingerprint density at radius 2 is 2.00 bits per heavy atom. The van der Waals surface area contributed by atoms with E-state index < -0.39 is 4.92 Å². The van der Waals surface area contributed by atoms with Gasteiger partial charge in [-0.05, 0) is 24.3 Å². The van der Waals surface area contributed by atoms with E-state index in [2.05, 4.69) is 15.9 Å². The molecule has 0 fully saturated rings. The summed E-state index contributed by atoms with van der Waals surface area (Å²) in [6, 6.07) is 10.9. The number of nitro benzene ring substituents is 1. The molecule has 0 saturated carbocycles. The van der Waals surface area contributed by atoms with Crippen molar-refractivity contribution in [1.82, 2.24) is 0 Å². The third kappa shape index (κ3) is 3.80. The van der Waals surface area contributed by atoms with Gasteiger partial charge >= 0.3 is 5.69 Å². The van der Waals surface area contributed by atoms with Crippen molar-refractivity contribution in [2.24, 2.45) is 0 Å². The second-order valence-corrected chi connectivity index (χ2v) is 5.38. The number of ketones is 1. The lowest BCUT2D eigenvalue weighted by Crippen LogP contribution is -2.12. The summed E-state index contributed by atoms with van der Waals surface area (Å²) in [4.78, 5) is 22.4. The molecule has 0 aliphatic carbocycles. The Bertz CT molecular complexity index is 705. The molecule has 0 atom stereocenters. The molecular weight excluding hydrogens is 362 g/mol. The van der Waals surface area contributed by atoms with E-state index >= 15 is 0 Å². The van der Waals surface area contributed by atoms with Gasteiger partial charge in [0.25, 0.3) is 0 Å². The molecule has 0 aliphatic heterocycles. The number of halogens is 2. The van der Waals surface area contributed by atoms with Crippen molar-refractivity contribution in [3.05, 3.63) is 67.6 Å². The number of nitrogens with zero attached hydrogens (tertiary/aromatic N) is 1. The number of nitro groups is 1. The standard InChI is InChI=1S/C14H9BrClNO4/c15-9-5-6-14(12(7-9)17(19)20)21-8-13(18)10-3-1-2-4-11(10)16/h1-7H,8H2. The summed E-state index contributed by atoms with van der Waals surface area (Å²) in [6.07, 6.45) is 0. The van der Waals surface area contributed by atoms with Crippen LogP contribution in [0.15, 0.2) is 46.9 Å². The smallest absolute Gasteiger partial charge is 0.312 e. The minimum absolute atomic E-state index is 0.0311. The molecule has 0 aromatic heterocycles. The Balaban J connectivity index is 2.15. The molecule has 2 rings (SSSR count). The zero-order chi connectivity index (χ0) is 15.4. The molecule has 108 valence electrons. The lowest BCUT2D eigenvalue weighted by Gasteiger charge is -2.07. The Labute approximate surface area is 133 Å². The summed E-state index contributed by atoms with van der Waals surface area (Å²) in [6.45, 7) is -0.327. The molecule has 0 N–H and O–H groups in total. The number of carbonyl (C=O) groups excluding carboxylic acids is 1. The van der Waals surface area contributed by atoms with Crippen molar-refractivity contribution in [1.29, 1.82) is 0 Å². The first-order valence-electron chi connectivity index (χ1n) is 5.83. The Kier molecular flexibility index (Phi) is 4.93. The third-order valence-electron chi connectivity index (χ3n) is 2.65. The molecule has 0 bridgehead atoms. The van der Waals surface area contributed by atoms with Gasteiger partial charge in [0, 0.05) is 16.1 Å². The molecule has 0 radical (unpaired) electrons. The van der Waals surface area contributed by atoms with Crippen LogP contribution in [-0.2, 0) is 0 Å². The van der Waals surface area contributed by atoms with E-state index in [-0.39, 0.29) is 23.8 Å². The van der Waals surface area contributed by atoms with E-state index in [1.165, 1.54) is 12.1 Å². The molecule has 0 saturated heterocycles. The normalized spacial score (nSPS) is 10.2. The van der Waals surface area contributed by atoms with E-state index in [0.717, 1.165) is 0 Å². The largest absolute Gasteiger partial charge is 0.478 e. The van der Waals surface area contributed by atoms with Crippen molar-refractivity contribution >= 4 is 39.0 Å². The monoisotopic (exact) mass is 369 g/mol. The average Bonchev–Trinajstić information content (AvgIpc) is 2.46. The van der Waals surface area contributed by atoms with Crippen LogP contribution in [0.3, 0.4) is 0 Å². The summed E-state index contributed by atoms with van der Waals surface area (Å²) < 4.78 is 5.81. The van der Waals surface area contributed by atoms with E-state index in [4.69, 9.17) is 16.3 Å². The Morgan fingerprint density at radius 3 is 2.67 bits per heavy atom. The van der Waals surface area contributed by atoms with Crippen LogP contribution in [-0.4, -0.2) is 17.3 Å². The SMILES string of the molecule is O=C(COc1ccc(Br)cc1[N+](=O)[O-])c1ccccc1Cl. The third-order valence-corrected chi connectivity index (χ3v) is 3.47. The number of Topliss-reactive ketones (excluding diaryl/α,β-unsaturated/α-hetero) is 1. The minimum Gasteiger partial charge on any atom is -0.478 e. The van der Waals surface area contributed by atoms with E-state index in [0.29, 0.717) is 15.1 Å². The fourth-order valence-corrected chi connectivity index (χ4v) is 2.25. The molecule has 21 heavy (non-hydrogen) atoms. The van der Waals surface area contributed by atoms with Crippen LogP contribution in [0.2, 0.25) is 5.02 Å². The highest BCUT2D eigenvalue weighted by molar-refractivity contribution is 9.10.